The zero-order valence-corrected chi connectivity index (χ0v) is 11.4. The van der Waals surface area contributed by atoms with Crippen LogP contribution in [0.2, 0.25) is 0 Å². The van der Waals surface area contributed by atoms with Crippen molar-refractivity contribution in [2.75, 3.05) is 18.8 Å². The van der Waals surface area contributed by atoms with Crippen LogP contribution in [-0.4, -0.2) is 52.1 Å². The highest BCUT2D eigenvalue weighted by atomic mass is 32.2. The number of amides is 2. The highest BCUT2D eigenvalue weighted by Gasteiger charge is 2.38. The molecule has 0 saturated carbocycles. The summed E-state index contributed by atoms with van der Waals surface area (Å²) >= 11 is 1.91. The molecule has 102 valence electrons. The molecule has 0 aromatic rings. The lowest BCUT2D eigenvalue weighted by molar-refractivity contribution is -0.142. The van der Waals surface area contributed by atoms with Gasteiger partial charge in [0, 0.05) is 24.4 Å². The van der Waals surface area contributed by atoms with Crippen LogP contribution in [0, 0.1) is 5.92 Å². The SMILES string of the molecule is CC1C(C(=O)O)CCN1C(=O)NCC1CCCS1. The van der Waals surface area contributed by atoms with Crippen LogP contribution in [0.3, 0.4) is 0 Å². The van der Waals surface area contributed by atoms with Crippen LogP contribution in [0.5, 0.6) is 0 Å². The lowest BCUT2D eigenvalue weighted by Gasteiger charge is -2.24. The number of rotatable bonds is 3. The zero-order valence-electron chi connectivity index (χ0n) is 10.6. The topological polar surface area (TPSA) is 69.6 Å². The molecular formula is C12H20N2O3S. The van der Waals surface area contributed by atoms with Crippen LogP contribution in [0.15, 0.2) is 0 Å². The summed E-state index contributed by atoms with van der Waals surface area (Å²) in [6, 6.07) is -0.322. The van der Waals surface area contributed by atoms with Crippen molar-refractivity contribution in [3.63, 3.8) is 0 Å². The zero-order chi connectivity index (χ0) is 13.1. The molecule has 3 unspecified atom stereocenters. The molecule has 2 fully saturated rings. The molecule has 0 aromatic carbocycles. The Labute approximate surface area is 111 Å². The summed E-state index contributed by atoms with van der Waals surface area (Å²) in [6.07, 6.45) is 2.95. The van der Waals surface area contributed by atoms with Gasteiger partial charge < -0.3 is 15.3 Å². The Bertz CT molecular complexity index is 331. The van der Waals surface area contributed by atoms with E-state index in [-0.39, 0.29) is 12.1 Å². The lowest BCUT2D eigenvalue weighted by atomic mass is 10.0. The molecule has 2 saturated heterocycles. The third-order valence-corrected chi connectivity index (χ3v) is 5.24. The molecule has 0 spiro atoms. The first kappa shape index (κ1) is 13.5. The van der Waals surface area contributed by atoms with Crippen molar-refractivity contribution in [2.24, 2.45) is 5.92 Å². The van der Waals surface area contributed by atoms with E-state index in [9.17, 15) is 9.59 Å². The number of hydrogen-bond acceptors (Lipinski definition) is 3. The van der Waals surface area contributed by atoms with Gasteiger partial charge in [0.05, 0.1) is 5.92 Å². The molecule has 2 N–H and O–H groups in total. The van der Waals surface area contributed by atoms with E-state index < -0.39 is 11.9 Å². The number of hydrogen-bond donors (Lipinski definition) is 2. The van der Waals surface area contributed by atoms with Crippen LogP contribution in [-0.2, 0) is 4.79 Å². The smallest absolute Gasteiger partial charge is 0.317 e. The standard InChI is InChI=1S/C12H20N2O3S/c1-8-10(11(15)16)4-5-14(8)12(17)13-7-9-3-2-6-18-9/h8-10H,2-7H2,1H3,(H,13,17)(H,15,16). The minimum absolute atomic E-state index is 0.112. The van der Waals surface area contributed by atoms with Gasteiger partial charge in [-0.05, 0) is 31.9 Å². The average molecular weight is 272 g/mol. The van der Waals surface area contributed by atoms with Crippen LogP contribution >= 0.6 is 11.8 Å². The number of carboxylic acid groups (broad SMARTS) is 1. The molecule has 18 heavy (non-hydrogen) atoms. The van der Waals surface area contributed by atoms with Gasteiger partial charge in [-0.1, -0.05) is 0 Å². The number of urea groups is 1. The molecule has 0 aromatic heterocycles. The fourth-order valence-corrected chi connectivity index (χ4v) is 3.87. The molecule has 6 heteroatoms. The Kier molecular flexibility index (Phi) is 4.37. The molecule has 2 aliphatic rings. The predicted octanol–water partition coefficient (Wildman–Crippen LogP) is 1.39. The third-order valence-electron chi connectivity index (χ3n) is 3.84. The van der Waals surface area contributed by atoms with Crippen LogP contribution in [0.1, 0.15) is 26.2 Å². The predicted molar refractivity (Wildman–Crippen MR) is 70.8 cm³/mol. The first-order valence-electron chi connectivity index (χ1n) is 6.48. The maximum absolute atomic E-state index is 12.0. The Morgan fingerprint density at radius 1 is 1.44 bits per heavy atom. The second kappa shape index (κ2) is 5.82. The van der Waals surface area contributed by atoms with Gasteiger partial charge in [-0.3, -0.25) is 4.79 Å². The average Bonchev–Trinajstić information content (AvgIpc) is 2.94. The Morgan fingerprint density at radius 3 is 2.78 bits per heavy atom. The van der Waals surface area contributed by atoms with Gasteiger partial charge in [-0.15, -0.1) is 0 Å². The van der Waals surface area contributed by atoms with Crippen molar-refractivity contribution in [1.82, 2.24) is 10.2 Å². The summed E-state index contributed by atoms with van der Waals surface area (Å²) in [4.78, 5) is 24.6. The van der Waals surface area contributed by atoms with E-state index in [4.69, 9.17) is 5.11 Å². The first-order valence-corrected chi connectivity index (χ1v) is 7.53. The summed E-state index contributed by atoms with van der Waals surface area (Å²) in [5.74, 6) is -0.0392. The Hall–Kier alpha value is -0.910. The largest absolute Gasteiger partial charge is 0.481 e. The van der Waals surface area contributed by atoms with Crippen molar-refractivity contribution in [3.05, 3.63) is 0 Å². The van der Waals surface area contributed by atoms with Gasteiger partial charge in [0.25, 0.3) is 0 Å². The highest BCUT2D eigenvalue weighted by Crippen LogP contribution is 2.26. The summed E-state index contributed by atoms with van der Waals surface area (Å²) in [5.41, 5.74) is 0. The van der Waals surface area contributed by atoms with E-state index in [1.165, 1.54) is 12.2 Å². The number of carbonyl (C=O) groups excluding carboxylic acids is 1. The fraction of sp³-hybridized carbons (Fsp3) is 0.833. The number of nitrogens with one attached hydrogen (secondary N) is 1. The van der Waals surface area contributed by atoms with E-state index >= 15 is 0 Å². The normalized spacial score (nSPS) is 31.6. The molecule has 2 amide bonds. The number of likely N-dealkylation sites (tertiary alicyclic amines) is 1. The van der Waals surface area contributed by atoms with Gasteiger partial charge >= 0.3 is 12.0 Å². The van der Waals surface area contributed by atoms with Crippen LogP contribution < -0.4 is 5.32 Å². The highest BCUT2D eigenvalue weighted by molar-refractivity contribution is 8.00. The minimum atomic E-state index is -0.802. The van der Waals surface area contributed by atoms with Crippen molar-refractivity contribution in [2.45, 2.75) is 37.5 Å². The van der Waals surface area contributed by atoms with E-state index in [0.29, 0.717) is 24.8 Å². The fourth-order valence-electron chi connectivity index (χ4n) is 2.66. The summed E-state index contributed by atoms with van der Waals surface area (Å²) in [6.45, 7) is 3.06. The maximum Gasteiger partial charge on any atom is 0.317 e. The number of nitrogens with zero attached hydrogens (tertiary/aromatic N) is 1. The molecule has 2 aliphatic heterocycles. The minimum Gasteiger partial charge on any atom is -0.481 e. The number of thioether (sulfide) groups is 1. The van der Waals surface area contributed by atoms with Crippen molar-refractivity contribution in [3.8, 4) is 0 Å². The van der Waals surface area contributed by atoms with E-state index in [0.717, 1.165) is 6.42 Å². The summed E-state index contributed by atoms with van der Waals surface area (Å²) < 4.78 is 0. The van der Waals surface area contributed by atoms with Gasteiger partial charge in [0.1, 0.15) is 0 Å². The molecule has 0 aliphatic carbocycles. The Balaban J connectivity index is 1.80. The molecular weight excluding hydrogens is 252 g/mol. The van der Waals surface area contributed by atoms with Crippen LogP contribution in [0.25, 0.3) is 0 Å². The third kappa shape index (κ3) is 2.91. The maximum atomic E-state index is 12.0. The van der Waals surface area contributed by atoms with Gasteiger partial charge in [0.15, 0.2) is 0 Å². The van der Waals surface area contributed by atoms with Crippen LogP contribution in [0.4, 0.5) is 4.79 Å². The molecule has 0 radical (unpaired) electrons. The molecule has 2 heterocycles. The van der Waals surface area contributed by atoms with Gasteiger partial charge in [0.2, 0.25) is 0 Å². The first-order chi connectivity index (χ1) is 8.59. The number of carbonyl (C=O) groups is 2. The van der Waals surface area contributed by atoms with Gasteiger partial charge in [-0.25, -0.2) is 4.79 Å². The second-order valence-electron chi connectivity index (χ2n) is 4.99. The van der Waals surface area contributed by atoms with E-state index in [2.05, 4.69) is 5.32 Å². The van der Waals surface area contributed by atoms with Crippen molar-refractivity contribution < 1.29 is 14.7 Å². The molecule has 5 nitrogen and oxygen atoms in total. The number of carboxylic acids is 1. The van der Waals surface area contributed by atoms with Gasteiger partial charge in [-0.2, -0.15) is 11.8 Å². The van der Waals surface area contributed by atoms with E-state index in [1.54, 1.807) is 4.90 Å². The molecule has 2 rings (SSSR count). The number of aliphatic carboxylic acids is 1. The summed E-state index contributed by atoms with van der Waals surface area (Å²) in [7, 11) is 0. The van der Waals surface area contributed by atoms with Crippen molar-refractivity contribution in [1.29, 1.82) is 0 Å². The summed E-state index contributed by atoms with van der Waals surface area (Å²) in [5, 5.41) is 12.5. The monoisotopic (exact) mass is 272 g/mol. The molecule has 3 atom stereocenters. The van der Waals surface area contributed by atoms with Crippen molar-refractivity contribution >= 4 is 23.8 Å². The molecule has 0 bridgehead atoms. The van der Waals surface area contributed by atoms with E-state index in [1.807, 2.05) is 18.7 Å². The lowest BCUT2D eigenvalue weighted by Crippen LogP contribution is -2.45. The second-order valence-corrected chi connectivity index (χ2v) is 6.40. The Morgan fingerprint density at radius 2 is 2.22 bits per heavy atom. The quantitative estimate of drug-likeness (QED) is 0.814.